The number of hydrogen-bond acceptors (Lipinski definition) is 4. The van der Waals surface area contributed by atoms with Crippen LogP contribution >= 0.6 is 0 Å². The number of likely N-dealkylation sites (tertiary alicyclic amines) is 1. The second kappa shape index (κ2) is 8.28. The summed E-state index contributed by atoms with van der Waals surface area (Å²) in [5.74, 6) is -0.564. The van der Waals surface area contributed by atoms with Crippen molar-refractivity contribution in [3.8, 4) is 0 Å². The predicted molar refractivity (Wildman–Crippen MR) is 92.8 cm³/mol. The highest BCUT2D eigenvalue weighted by atomic mass is 16.5. The van der Waals surface area contributed by atoms with Crippen molar-refractivity contribution in [3.63, 3.8) is 0 Å². The van der Waals surface area contributed by atoms with Gasteiger partial charge in [0.15, 0.2) is 11.9 Å². The normalized spacial score (nSPS) is 24.0. The lowest BCUT2D eigenvalue weighted by molar-refractivity contribution is -0.162. The van der Waals surface area contributed by atoms with Crippen LogP contribution in [0, 0.1) is 5.92 Å². The SMILES string of the molecule is O=C(O[C@H]1CCCCC1=O)[C@H]1CCCN(C(=O)Cc2ccccc2)C1. The lowest BCUT2D eigenvalue weighted by atomic mass is 9.95. The average Bonchev–Trinajstić information content (AvgIpc) is 2.64. The van der Waals surface area contributed by atoms with Crippen molar-refractivity contribution in [2.45, 2.75) is 51.0 Å². The molecule has 5 nitrogen and oxygen atoms in total. The van der Waals surface area contributed by atoms with Gasteiger partial charge < -0.3 is 9.64 Å². The van der Waals surface area contributed by atoms with Crippen molar-refractivity contribution in [1.29, 1.82) is 0 Å². The molecule has 3 rings (SSSR count). The molecule has 0 bridgehead atoms. The number of rotatable bonds is 4. The second-order valence-electron chi connectivity index (χ2n) is 6.98. The van der Waals surface area contributed by atoms with Crippen LogP contribution in [0.25, 0.3) is 0 Å². The van der Waals surface area contributed by atoms with E-state index in [1.54, 1.807) is 4.90 Å². The molecular weight excluding hydrogens is 318 g/mol. The highest BCUT2D eigenvalue weighted by molar-refractivity contribution is 5.87. The summed E-state index contributed by atoms with van der Waals surface area (Å²) in [5, 5.41) is 0. The van der Waals surface area contributed by atoms with Crippen molar-refractivity contribution in [1.82, 2.24) is 4.90 Å². The molecule has 0 radical (unpaired) electrons. The fourth-order valence-corrected chi connectivity index (χ4v) is 3.59. The summed E-state index contributed by atoms with van der Waals surface area (Å²) < 4.78 is 5.46. The van der Waals surface area contributed by atoms with Gasteiger partial charge in [0, 0.05) is 19.5 Å². The van der Waals surface area contributed by atoms with Gasteiger partial charge in [0.05, 0.1) is 12.3 Å². The van der Waals surface area contributed by atoms with Crippen molar-refractivity contribution >= 4 is 17.7 Å². The number of Topliss-reactive ketones (excluding diaryl/α,β-unsaturated/α-hetero) is 1. The Hall–Kier alpha value is -2.17. The molecule has 2 fully saturated rings. The molecule has 5 heteroatoms. The van der Waals surface area contributed by atoms with Gasteiger partial charge in [0.2, 0.25) is 5.91 Å². The van der Waals surface area contributed by atoms with Crippen molar-refractivity contribution in [2.75, 3.05) is 13.1 Å². The molecule has 25 heavy (non-hydrogen) atoms. The first-order chi connectivity index (χ1) is 12.1. The largest absolute Gasteiger partial charge is 0.454 e. The molecule has 2 atom stereocenters. The van der Waals surface area contributed by atoms with Crippen molar-refractivity contribution in [3.05, 3.63) is 35.9 Å². The number of hydrogen-bond donors (Lipinski definition) is 0. The Morgan fingerprint density at radius 2 is 1.88 bits per heavy atom. The summed E-state index contributed by atoms with van der Waals surface area (Å²) in [5.41, 5.74) is 0.977. The molecule has 1 aliphatic carbocycles. The number of piperidine rings is 1. The van der Waals surface area contributed by atoms with Crippen molar-refractivity contribution in [2.24, 2.45) is 5.92 Å². The average molecular weight is 343 g/mol. The quantitative estimate of drug-likeness (QED) is 0.788. The summed E-state index contributed by atoms with van der Waals surface area (Å²) in [6.07, 6.45) is 4.24. The van der Waals surface area contributed by atoms with E-state index < -0.39 is 6.10 Å². The minimum atomic E-state index is -0.573. The first-order valence-electron chi connectivity index (χ1n) is 9.18. The van der Waals surface area contributed by atoms with Crippen LogP contribution < -0.4 is 0 Å². The van der Waals surface area contributed by atoms with Gasteiger partial charge in [-0.2, -0.15) is 0 Å². The first kappa shape index (κ1) is 17.6. The molecule has 0 unspecified atom stereocenters. The molecule has 1 saturated heterocycles. The maximum absolute atomic E-state index is 12.5. The van der Waals surface area contributed by atoms with Crippen LogP contribution in [0.15, 0.2) is 30.3 Å². The Balaban J connectivity index is 1.54. The molecule has 1 saturated carbocycles. The topological polar surface area (TPSA) is 63.7 Å². The third-order valence-corrected chi connectivity index (χ3v) is 5.06. The van der Waals surface area contributed by atoms with Crippen LogP contribution in [0.1, 0.15) is 44.1 Å². The number of ketones is 1. The molecule has 2 aliphatic rings. The molecule has 1 aromatic rings. The van der Waals surface area contributed by atoms with Gasteiger partial charge in [0.25, 0.3) is 0 Å². The third-order valence-electron chi connectivity index (χ3n) is 5.06. The number of nitrogens with zero attached hydrogens (tertiary/aromatic N) is 1. The second-order valence-corrected chi connectivity index (χ2v) is 6.98. The Morgan fingerprint density at radius 3 is 2.64 bits per heavy atom. The van der Waals surface area contributed by atoms with Crippen LogP contribution in [0.2, 0.25) is 0 Å². The fraction of sp³-hybridized carbons (Fsp3) is 0.550. The standard InChI is InChI=1S/C20H25NO4/c22-17-10-4-5-11-18(17)25-20(24)16-9-6-12-21(14-16)19(23)13-15-7-2-1-3-8-15/h1-3,7-8,16,18H,4-6,9-14H2/t16-,18-/m0/s1. The van der Waals surface area contributed by atoms with Crippen LogP contribution in [0.4, 0.5) is 0 Å². The molecule has 1 amide bonds. The van der Waals surface area contributed by atoms with Crippen LogP contribution in [0.3, 0.4) is 0 Å². The molecular formula is C20H25NO4. The fourth-order valence-electron chi connectivity index (χ4n) is 3.59. The van der Waals surface area contributed by atoms with Gasteiger partial charge >= 0.3 is 5.97 Å². The van der Waals surface area contributed by atoms with Gasteiger partial charge in [-0.3, -0.25) is 14.4 Å². The molecule has 1 aliphatic heterocycles. The van der Waals surface area contributed by atoms with E-state index in [1.165, 1.54) is 0 Å². The van der Waals surface area contributed by atoms with Crippen LogP contribution in [0.5, 0.6) is 0 Å². The summed E-state index contributed by atoms with van der Waals surface area (Å²) in [7, 11) is 0. The number of benzene rings is 1. The summed E-state index contributed by atoms with van der Waals surface area (Å²) >= 11 is 0. The molecule has 0 aromatic heterocycles. The minimum absolute atomic E-state index is 0.0346. The Kier molecular flexibility index (Phi) is 5.84. The summed E-state index contributed by atoms with van der Waals surface area (Å²) in [6.45, 7) is 1.07. The Morgan fingerprint density at radius 1 is 1.08 bits per heavy atom. The van der Waals surface area contributed by atoms with E-state index in [9.17, 15) is 14.4 Å². The monoisotopic (exact) mass is 343 g/mol. The number of esters is 1. The maximum Gasteiger partial charge on any atom is 0.311 e. The third kappa shape index (κ3) is 4.68. The van der Waals surface area contributed by atoms with Gasteiger partial charge in [-0.1, -0.05) is 30.3 Å². The zero-order chi connectivity index (χ0) is 17.6. The van der Waals surface area contributed by atoms with Crippen molar-refractivity contribution < 1.29 is 19.1 Å². The van der Waals surface area contributed by atoms with E-state index in [0.29, 0.717) is 32.4 Å². The van der Waals surface area contributed by atoms with E-state index in [4.69, 9.17) is 4.74 Å². The highest BCUT2D eigenvalue weighted by Gasteiger charge is 2.33. The number of amides is 1. The number of carbonyl (C=O) groups excluding carboxylic acids is 3. The molecule has 1 heterocycles. The van der Waals surface area contributed by atoms with E-state index in [0.717, 1.165) is 31.2 Å². The zero-order valence-corrected chi connectivity index (χ0v) is 14.5. The number of ether oxygens (including phenoxy) is 1. The highest BCUT2D eigenvalue weighted by Crippen LogP contribution is 2.23. The number of carbonyl (C=O) groups is 3. The molecule has 134 valence electrons. The van der Waals surface area contributed by atoms with Gasteiger partial charge in [-0.25, -0.2) is 0 Å². The van der Waals surface area contributed by atoms with Crippen LogP contribution in [-0.2, 0) is 25.5 Å². The lowest BCUT2D eigenvalue weighted by Gasteiger charge is -2.32. The lowest BCUT2D eigenvalue weighted by Crippen LogP contribution is -2.44. The predicted octanol–water partition coefficient (Wildman–Crippen LogP) is 2.52. The summed E-state index contributed by atoms with van der Waals surface area (Å²) in [6, 6.07) is 9.62. The molecule has 1 aromatic carbocycles. The van der Waals surface area contributed by atoms with E-state index in [1.807, 2.05) is 30.3 Å². The van der Waals surface area contributed by atoms with E-state index in [-0.39, 0.29) is 23.6 Å². The maximum atomic E-state index is 12.5. The van der Waals surface area contributed by atoms with Gasteiger partial charge in [0.1, 0.15) is 0 Å². The van der Waals surface area contributed by atoms with Gasteiger partial charge in [-0.05, 0) is 37.7 Å². The minimum Gasteiger partial charge on any atom is -0.454 e. The van der Waals surface area contributed by atoms with E-state index in [2.05, 4.69) is 0 Å². The molecule has 0 N–H and O–H groups in total. The first-order valence-corrected chi connectivity index (χ1v) is 9.18. The molecule has 0 spiro atoms. The van der Waals surface area contributed by atoms with E-state index >= 15 is 0 Å². The van der Waals surface area contributed by atoms with Gasteiger partial charge in [-0.15, -0.1) is 0 Å². The Bertz CT molecular complexity index is 628. The smallest absolute Gasteiger partial charge is 0.311 e. The summed E-state index contributed by atoms with van der Waals surface area (Å²) in [4.78, 5) is 38.5. The zero-order valence-electron chi connectivity index (χ0n) is 14.5. The van der Waals surface area contributed by atoms with Crippen LogP contribution in [-0.4, -0.2) is 41.8 Å². The Labute approximate surface area is 148 Å².